The molecule has 1 atom stereocenters. The minimum absolute atomic E-state index is 0.00995. The highest BCUT2D eigenvalue weighted by Gasteiger charge is 2.35. The first-order valence-corrected chi connectivity index (χ1v) is 8.98. The Morgan fingerprint density at radius 2 is 2.07 bits per heavy atom. The minimum atomic E-state index is -0.649. The fourth-order valence-electron chi connectivity index (χ4n) is 3.48. The van der Waals surface area contributed by atoms with Crippen molar-refractivity contribution in [3.05, 3.63) is 69.0 Å². The summed E-state index contributed by atoms with van der Waals surface area (Å²) in [6.07, 6.45) is 0. The molecule has 0 aliphatic carbocycles. The number of fused-ring (bicyclic) bond motifs is 1. The van der Waals surface area contributed by atoms with Gasteiger partial charge in [0.1, 0.15) is 23.1 Å². The van der Waals surface area contributed by atoms with E-state index in [1.165, 1.54) is 0 Å². The monoisotopic (exact) mass is 380 g/mol. The predicted molar refractivity (Wildman–Crippen MR) is 106 cm³/mol. The van der Waals surface area contributed by atoms with Gasteiger partial charge < -0.3 is 24.7 Å². The molecule has 7 nitrogen and oxygen atoms in total. The number of likely N-dealkylation sites (N-methyl/N-ethyl adjacent to an activating group) is 1. The zero-order valence-electron chi connectivity index (χ0n) is 16.5. The lowest BCUT2D eigenvalue weighted by Crippen LogP contribution is -2.34. The van der Waals surface area contributed by atoms with Gasteiger partial charge in [-0.2, -0.15) is 5.26 Å². The molecule has 0 amide bonds. The maximum atomic E-state index is 13.4. The summed E-state index contributed by atoms with van der Waals surface area (Å²) in [5.41, 5.74) is 7.94. The lowest BCUT2D eigenvalue weighted by molar-refractivity contribution is 0.367. The van der Waals surface area contributed by atoms with Gasteiger partial charge in [0.15, 0.2) is 0 Å². The molecule has 1 aliphatic rings. The largest absolute Gasteiger partial charge is 0.496 e. The van der Waals surface area contributed by atoms with E-state index in [1.54, 1.807) is 23.8 Å². The Kier molecular flexibility index (Phi) is 5.43. The van der Waals surface area contributed by atoms with Crippen LogP contribution in [0.5, 0.6) is 11.5 Å². The molecule has 0 spiro atoms. The quantitative estimate of drug-likeness (QED) is 0.852. The first-order chi connectivity index (χ1) is 13.4. The van der Waals surface area contributed by atoms with E-state index in [0.29, 0.717) is 35.7 Å². The molecule has 0 radical (unpaired) electrons. The molecule has 0 bridgehead atoms. The standard InChI is InChI=1S/C21H24N4O3/c1-13-11-17-19(21(26)25(13)10-9-24(2)3)18(15(12-22)20(23)28-17)14-7-5-6-8-16(14)27-4/h5-8,11,18H,9-10,23H2,1-4H3/t18-/m0/s1. The average molecular weight is 380 g/mol. The summed E-state index contributed by atoms with van der Waals surface area (Å²) in [4.78, 5) is 15.5. The van der Waals surface area contributed by atoms with Crippen LogP contribution in [-0.2, 0) is 6.54 Å². The van der Waals surface area contributed by atoms with Gasteiger partial charge in [-0.05, 0) is 27.1 Å². The summed E-state index contributed by atoms with van der Waals surface area (Å²) >= 11 is 0. The van der Waals surface area contributed by atoms with E-state index in [1.807, 2.05) is 44.1 Å². The molecule has 1 aromatic carbocycles. The van der Waals surface area contributed by atoms with Gasteiger partial charge in [-0.3, -0.25) is 4.79 Å². The van der Waals surface area contributed by atoms with Gasteiger partial charge in [-0.1, -0.05) is 18.2 Å². The predicted octanol–water partition coefficient (Wildman–Crippen LogP) is 1.95. The van der Waals surface area contributed by atoms with Gasteiger partial charge >= 0.3 is 0 Å². The van der Waals surface area contributed by atoms with Crippen LogP contribution in [-0.4, -0.2) is 37.2 Å². The zero-order valence-corrected chi connectivity index (χ0v) is 16.5. The second-order valence-electron chi connectivity index (χ2n) is 6.99. The number of aryl methyl sites for hydroxylation is 1. The van der Waals surface area contributed by atoms with Crippen LogP contribution in [0, 0.1) is 18.3 Å². The highest BCUT2D eigenvalue weighted by molar-refractivity contribution is 5.58. The molecule has 0 saturated heterocycles. The lowest BCUT2D eigenvalue weighted by Gasteiger charge is -2.28. The summed E-state index contributed by atoms with van der Waals surface area (Å²) in [6, 6.07) is 11.2. The Morgan fingerprint density at radius 1 is 1.36 bits per heavy atom. The van der Waals surface area contributed by atoms with Crippen LogP contribution in [0.15, 0.2) is 46.6 Å². The van der Waals surface area contributed by atoms with Crippen molar-refractivity contribution < 1.29 is 9.47 Å². The number of rotatable bonds is 5. The molecule has 7 heteroatoms. The summed E-state index contributed by atoms with van der Waals surface area (Å²) in [5, 5.41) is 9.75. The zero-order chi connectivity index (χ0) is 20.4. The molecular formula is C21H24N4O3. The Balaban J connectivity index is 2.27. The maximum absolute atomic E-state index is 13.4. The molecule has 0 fully saturated rings. The van der Waals surface area contributed by atoms with Crippen LogP contribution in [0.1, 0.15) is 22.7 Å². The second kappa shape index (κ2) is 7.79. The fourth-order valence-corrected chi connectivity index (χ4v) is 3.48. The van der Waals surface area contributed by atoms with Gasteiger partial charge in [0.05, 0.1) is 18.6 Å². The Hall–Kier alpha value is -3.24. The van der Waals surface area contributed by atoms with Crippen LogP contribution in [0.25, 0.3) is 0 Å². The van der Waals surface area contributed by atoms with Crippen LogP contribution in [0.2, 0.25) is 0 Å². The molecule has 2 aromatic rings. The molecule has 0 unspecified atom stereocenters. The SMILES string of the molecule is COc1ccccc1[C@H]1C(C#N)=C(N)Oc2cc(C)n(CCN(C)C)c(=O)c21. The Morgan fingerprint density at radius 3 is 2.71 bits per heavy atom. The third kappa shape index (κ3) is 3.35. The summed E-state index contributed by atoms with van der Waals surface area (Å²) in [5.74, 6) is 0.330. The fraction of sp³-hybridized carbons (Fsp3) is 0.333. The molecule has 2 heterocycles. The summed E-state index contributed by atoms with van der Waals surface area (Å²) in [7, 11) is 5.47. The minimum Gasteiger partial charge on any atom is -0.496 e. The van der Waals surface area contributed by atoms with Crippen molar-refractivity contribution in [2.45, 2.75) is 19.4 Å². The highest BCUT2D eigenvalue weighted by Crippen LogP contribution is 2.43. The number of nitrogens with zero attached hydrogens (tertiary/aromatic N) is 3. The highest BCUT2D eigenvalue weighted by atomic mass is 16.5. The number of hydrogen-bond acceptors (Lipinski definition) is 6. The topological polar surface area (TPSA) is 93.5 Å². The van der Waals surface area contributed by atoms with Crippen molar-refractivity contribution in [3.8, 4) is 17.6 Å². The normalized spacial score (nSPS) is 15.8. The Labute approximate surface area is 164 Å². The number of aromatic nitrogens is 1. The van der Waals surface area contributed by atoms with E-state index in [4.69, 9.17) is 15.2 Å². The van der Waals surface area contributed by atoms with Crippen molar-refractivity contribution >= 4 is 0 Å². The third-order valence-electron chi connectivity index (χ3n) is 4.91. The number of nitrogens with two attached hydrogens (primary N) is 1. The van der Waals surface area contributed by atoms with Crippen LogP contribution < -0.4 is 20.8 Å². The van der Waals surface area contributed by atoms with Crippen LogP contribution in [0.4, 0.5) is 0 Å². The number of benzene rings is 1. The number of allylic oxidation sites excluding steroid dienone is 1. The Bertz CT molecular complexity index is 1030. The number of para-hydroxylation sites is 1. The van der Waals surface area contributed by atoms with E-state index in [9.17, 15) is 10.1 Å². The van der Waals surface area contributed by atoms with Gasteiger partial charge in [0, 0.05) is 30.4 Å². The van der Waals surface area contributed by atoms with Crippen LogP contribution >= 0.6 is 0 Å². The number of methoxy groups -OCH3 is 1. The molecule has 1 aromatic heterocycles. The molecule has 2 N–H and O–H groups in total. The second-order valence-corrected chi connectivity index (χ2v) is 6.99. The van der Waals surface area contributed by atoms with Crippen molar-refractivity contribution in [2.75, 3.05) is 27.7 Å². The smallest absolute Gasteiger partial charge is 0.258 e. The van der Waals surface area contributed by atoms with E-state index in [-0.39, 0.29) is 17.0 Å². The van der Waals surface area contributed by atoms with Crippen molar-refractivity contribution in [3.63, 3.8) is 0 Å². The molecule has 3 rings (SSSR count). The van der Waals surface area contributed by atoms with Gasteiger partial charge in [0.25, 0.3) is 5.56 Å². The average Bonchev–Trinajstić information content (AvgIpc) is 2.66. The van der Waals surface area contributed by atoms with E-state index >= 15 is 0 Å². The molecule has 146 valence electrons. The lowest BCUT2D eigenvalue weighted by atomic mass is 9.83. The maximum Gasteiger partial charge on any atom is 0.258 e. The van der Waals surface area contributed by atoms with Crippen LogP contribution in [0.3, 0.4) is 0 Å². The number of ether oxygens (including phenoxy) is 2. The van der Waals surface area contributed by atoms with E-state index in [2.05, 4.69) is 6.07 Å². The van der Waals surface area contributed by atoms with Gasteiger partial charge in [0.2, 0.25) is 5.88 Å². The summed E-state index contributed by atoms with van der Waals surface area (Å²) in [6.45, 7) is 3.10. The molecule has 0 saturated carbocycles. The first-order valence-electron chi connectivity index (χ1n) is 8.98. The number of pyridine rings is 1. The number of nitriles is 1. The summed E-state index contributed by atoms with van der Waals surface area (Å²) < 4.78 is 12.9. The first kappa shape index (κ1) is 19.5. The van der Waals surface area contributed by atoms with E-state index < -0.39 is 5.92 Å². The number of hydrogen-bond donors (Lipinski definition) is 1. The van der Waals surface area contributed by atoms with Crippen molar-refractivity contribution in [1.82, 2.24) is 9.47 Å². The molecule has 28 heavy (non-hydrogen) atoms. The third-order valence-corrected chi connectivity index (χ3v) is 4.91. The molecule has 1 aliphatic heterocycles. The van der Waals surface area contributed by atoms with Gasteiger partial charge in [-0.25, -0.2) is 0 Å². The van der Waals surface area contributed by atoms with Crippen molar-refractivity contribution in [1.29, 1.82) is 5.26 Å². The van der Waals surface area contributed by atoms with Gasteiger partial charge in [-0.15, -0.1) is 0 Å². The van der Waals surface area contributed by atoms with Crippen molar-refractivity contribution in [2.24, 2.45) is 5.73 Å². The molecular weight excluding hydrogens is 356 g/mol. The van der Waals surface area contributed by atoms with E-state index in [0.717, 1.165) is 5.69 Å².